The van der Waals surface area contributed by atoms with Crippen molar-refractivity contribution in [1.82, 2.24) is 0 Å². The minimum atomic E-state index is -0.123. The van der Waals surface area contributed by atoms with Crippen LogP contribution in [0.15, 0.2) is 25.3 Å². The van der Waals surface area contributed by atoms with Gasteiger partial charge in [-0.15, -0.1) is 13.2 Å². The molecule has 2 N–H and O–H groups in total. The molecule has 0 amide bonds. The summed E-state index contributed by atoms with van der Waals surface area (Å²) >= 11 is 4.85. The van der Waals surface area contributed by atoms with Gasteiger partial charge in [-0.05, 0) is 0 Å². The maximum Gasteiger partial charge on any atom is 0.0515 e. The van der Waals surface area contributed by atoms with Crippen molar-refractivity contribution in [3.63, 3.8) is 0 Å². The third kappa shape index (κ3) is 2.19. The molecule has 0 rings (SSSR count). The van der Waals surface area contributed by atoms with Gasteiger partial charge in [0.05, 0.1) is 5.25 Å². The number of rotatable bonds is 3. The lowest BCUT2D eigenvalue weighted by Gasteiger charge is -2.07. The molecule has 0 aliphatic heterocycles. The Bertz CT molecular complexity index is 78.5. The molecular weight excluding hydrogens is 118 g/mol. The molecular formula is C6H10NS. The van der Waals surface area contributed by atoms with Gasteiger partial charge in [0.1, 0.15) is 0 Å². The molecule has 0 heterocycles. The van der Waals surface area contributed by atoms with Gasteiger partial charge < -0.3 is 5.73 Å². The van der Waals surface area contributed by atoms with Gasteiger partial charge >= 0.3 is 0 Å². The van der Waals surface area contributed by atoms with Gasteiger partial charge in [-0.2, -0.15) is 0 Å². The van der Waals surface area contributed by atoms with E-state index in [1.54, 1.807) is 12.2 Å². The van der Waals surface area contributed by atoms with Crippen LogP contribution >= 0.6 is 12.6 Å². The molecule has 0 aliphatic rings. The molecule has 0 saturated heterocycles. The van der Waals surface area contributed by atoms with Gasteiger partial charge in [-0.1, -0.05) is 24.8 Å². The highest BCUT2D eigenvalue weighted by molar-refractivity contribution is 7.81. The number of nitrogens with two attached hydrogens (primary N) is 1. The van der Waals surface area contributed by atoms with Crippen LogP contribution in [0, 0.1) is 0 Å². The molecule has 0 bridgehead atoms. The van der Waals surface area contributed by atoms with Crippen LogP contribution in [-0.2, 0) is 0 Å². The van der Waals surface area contributed by atoms with Crippen LogP contribution in [0.5, 0.6) is 0 Å². The molecule has 0 aromatic rings. The summed E-state index contributed by atoms with van der Waals surface area (Å²) in [6, 6.07) is -0.123. The first kappa shape index (κ1) is 7.79. The summed E-state index contributed by atoms with van der Waals surface area (Å²) in [6.07, 6.45) is 3.26. The Balaban J connectivity index is 3.60. The monoisotopic (exact) mass is 128 g/mol. The normalized spacial score (nSPS) is 16.8. The largest absolute Gasteiger partial charge is 0.323 e. The first-order chi connectivity index (χ1) is 3.72. The predicted octanol–water partition coefficient (Wildman–Crippen LogP) is 1.25. The van der Waals surface area contributed by atoms with Gasteiger partial charge in [0.15, 0.2) is 0 Å². The number of hydrogen-bond acceptors (Lipinski definition) is 1. The molecule has 0 spiro atoms. The fourth-order valence-electron chi connectivity index (χ4n) is 0.291. The van der Waals surface area contributed by atoms with Gasteiger partial charge in [0, 0.05) is 6.04 Å². The highest BCUT2D eigenvalue weighted by Crippen LogP contribution is 2.00. The van der Waals surface area contributed by atoms with E-state index in [1.165, 1.54) is 0 Å². The summed E-state index contributed by atoms with van der Waals surface area (Å²) in [7, 11) is 0. The van der Waals surface area contributed by atoms with Crippen molar-refractivity contribution in [2.45, 2.75) is 11.3 Å². The Hall–Kier alpha value is -0.210. The average Bonchev–Trinajstić information content (AvgIpc) is 1.84. The summed E-state index contributed by atoms with van der Waals surface area (Å²) in [4.78, 5) is 0. The van der Waals surface area contributed by atoms with E-state index < -0.39 is 0 Å². The third-order valence-electron chi connectivity index (χ3n) is 0.884. The van der Waals surface area contributed by atoms with Crippen molar-refractivity contribution in [3.05, 3.63) is 25.3 Å². The maximum absolute atomic E-state index is 5.43. The lowest BCUT2D eigenvalue weighted by atomic mass is 10.2. The van der Waals surface area contributed by atoms with E-state index in [-0.39, 0.29) is 11.3 Å². The SMILES string of the molecule is C=CC(N)C([S])C=C. The van der Waals surface area contributed by atoms with Crippen LogP contribution in [0.25, 0.3) is 0 Å². The van der Waals surface area contributed by atoms with Crippen molar-refractivity contribution in [2.75, 3.05) is 0 Å². The Morgan fingerprint density at radius 2 is 1.88 bits per heavy atom. The Morgan fingerprint density at radius 3 is 2.00 bits per heavy atom. The van der Waals surface area contributed by atoms with Crippen molar-refractivity contribution in [2.24, 2.45) is 5.73 Å². The van der Waals surface area contributed by atoms with Gasteiger partial charge in [0.25, 0.3) is 0 Å². The van der Waals surface area contributed by atoms with E-state index >= 15 is 0 Å². The smallest absolute Gasteiger partial charge is 0.0515 e. The molecule has 1 nitrogen and oxygen atoms in total. The Morgan fingerprint density at radius 1 is 1.38 bits per heavy atom. The molecule has 0 fully saturated rings. The van der Waals surface area contributed by atoms with Crippen molar-refractivity contribution in [3.8, 4) is 0 Å². The molecule has 2 atom stereocenters. The highest BCUT2D eigenvalue weighted by Gasteiger charge is 2.03. The zero-order valence-corrected chi connectivity index (χ0v) is 5.53. The van der Waals surface area contributed by atoms with Crippen LogP contribution < -0.4 is 5.73 Å². The lowest BCUT2D eigenvalue weighted by molar-refractivity contribution is 0.858. The molecule has 0 aromatic heterocycles. The first-order valence-corrected chi connectivity index (χ1v) is 2.86. The summed E-state index contributed by atoms with van der Waals surface area (Å²) in [5.74, 6) is 0. The van der Waals surface area contributed by atoms with Crippen molar-refractivity contribution < 1.29 is 0 Å². The first-order valence-electron chi connectivity index (χ1n) is 2.39. The molecule has 2 heteroatoms. The predicted molar refractivity (Wildman–Crippen MR) is 39.7 cm³/mol. The van der Waals surface area contributed by atoms with Crippen molar-refractivity contribution >= 4 is 12.6 Å². The average molecular weight is 128 g/mol. The van der Waals surface area contributed by atoms with Crippen LogP contribution in [0.2, 0.25) is 0 Å². The summed E-state index contributed by atoms with van der Waals surface area (Å²) in [5, 5.41) is -0.0764. The maximum atomic E-state index is 5.43. The van der Waals surface area contributed by atoms with Crippen LogP contribution in [0.3, 0.4) is 0 Å². The molecule has 45 valence electrons. The summed E-state index contributed by atoms with van der Waals surface area (Å²) in [5.41, 5.74) is 5.43. The number of hydrogen-bond donors (Lipinski definition) is 1. The Kier molecular flexibility index (Phi) is 3.65. The van der Waals surface area contributed by atoms with Gasteiger partial charge in [-0.25, -0.2) is 0 Å². The van der Waals surface area contributed by atoms with Crippen LogP contribution in [0.1, 0.15) is 0 Å². The minimum absolute atomic E-state index is 0.0764. The summed E-state index contributed by atoms with van der Waals surface area (Å²) in [6.45, 7) is 6.99. The standard InChI is InChI=1S/C6H10NS/c1-3-5(7)6(8)4-2/h3-6H,1-2,7H2. The second-order valence-electron chi connectivity index (χ2n) is 1.51. The third-order valence-corrected chi connectivity index (χ3v) is 1.39. The molecule has 2 unspecified atom stereocenters. The molecule has 0 aliphatic carbocycles. The quantitative estimate of drug-likeness (QED) is 0.569. The second kappa shape index (κ2) is 3.75. The topological polar surface area (TPSA) is 26.0 Å². The molecule has 0 saturated carbocycles. The highest BCUT2D eigenvalue weighted by atomic mass is 32.1. The van der Waals surface area contributed by atoms with E-state index in [2.05, 4.69) is 13.2 Å². The fraction of sp³-hybridized carbons (Fsp3) is 0.333. The van der Waals surface area contributed by atoms with E-state index in [0.717, 1.165) is 0 Å². The Labute approximate surface area is 55.7 Å². The second-order valence-corrected chi connectivity index (χ2v) is 2.06. The van der Waals surface area contributed by atoms with Gasteiger partial charge in [0.2, 0.25) is 0 Å². The fourth-order valence-corrected chi connectivity index (χ4v) is 0.402. The lowest BCUT2D eigenvalue weighted by Crippen LogP contribution is -2.26. The zero-order chi connectivity index (χ0) is 6.57. The van der Waals surface area contributed by atoms with Crippen LogP contribution in [0.4, 0.5) is 0 Å². The molecule has 8 heavy (non-hydrogen) atoms. The van der Waals surface area contributed by atoms with Gasteiger partial charge in [-0.3, -0.25) is 0 Å². The zero-order valence-electron chi connectivity index (χ0n) is 4.71. The van der Waals surface area contributed by atoms with E-state index in [0.29, 0.717) is 0 Å². The van der Waals surface area contributed by atoms with Crippen molar-refractivity contribution in [1.29, 1.82) is 0 Å². The van der Waals surface area contributed by atoms with Crippen LogP contribution in [-0.4, -0.2) is 11.3 Å². The minimum Gasteiger partial charge on any atom is -0.323 e. The molecule has 1 radical (unpaired) electrons. The summed E-state index contributed by atoms with van der Waals surface area (Å²) < 4.78 is 0. The molecule has 0 aromatic carbocycles. The van der Waals surface area contributed by atoms with E-state index in [9.17, 15) is 0 Å². The van der Waals surface area contributed by atoms with E-state index in [1.807, 2.05) is 0 Å². The van der Waals surface area contributed by atoms with E-state index in [4.69, 9.17) is 18.4 Å².